The lowest BCUT2D eigenvalue weighted by Crippen LogP contribution is -2.49. The van der Waals surface area contributed by atoms with E-state index in [-0.39, 0.29) is 24.4 Å². The van der Waals surface area contributed by atoms with Crippen molar-refractivity contribution < 1.29 is 23.9 Å². The van der Waals surface area contributed by atoms with Gasteiger partial charge in [-0.2, -0.15) is 0 Å². The van der Waals surface area contributed by atoms with Gasteiger partial charge in [-0.15, -0.1) is 0 Å². The number of rotatable bonds is 15. The monoisotopic (exact) mass is 819 g/mol. The van der Waals surface area contributed by atoms with Crippen LogP contribution in [0, 0.1) is 0 Å². The number of imidazole rings is 2. The summed E-state index contributed by atoms with van der Waals surface area (Å²) in [7, 11) is 3.28. The highest BCUT2D eigenvalue weighted by Gasteiger charge is 2.37. The molecule has 312 valence electrons. The predicted octanol–water partition coefficient (Wildman–Crippen LogP) is 6.89. The molecule has 1 saturated heterocycles. The minimum Gasteiger partial charge on any atom is -0.453 e. The predicted molar refractivity (Wildman–Crippen MR) is 234 cm³/mol. The molecule has 0 spiro atoms. The van der Waals surface area contributed by atoms with Crippen molar-refractivity contribution in [3.63, 3.8) is 0 Å². The number of alkyl carbamates (subject to hydrolysis) is 1. The number of para-hydroxylation sites is 1. The molecule has 3 aromatic heterocycles. The fourth-order valence-corrected chi connectivity index (χ4v) is 8.39. The van der Waals surface area contributed by atoms with Crippen molar-refractivity contribution >= 4 is 46.0 Å². The Hall–Kier alpha value is -7.22. The number of ether oxygens (including phenoxy) is 1. The van der Waals surface area contributed by atoms with Gasteiger partial charge in [0.1, 0.15) is 17.7 Å². The summed E-state index contributed by atoms with van der Waals surface area (Å²) >= 11 is 0. The molecule has 7 aromatic rings. The van der Waals surface area contributed by atoms with E-state index < -0.39 is 12.1 Å². The quantitative estimate of drug-likeness (QED) is 0.0817. The van der Waals surface area contributed by atoms with Gasteiger partial charge >= 0.3 is 6.09 Å². The van der Waals surface area contributed by atoms with Gasteiger partial charge in [0, 0.05) is 49.2 Å². The van der Waals surface area contributed by atoms with Crippen LogP contribution in [-0.4, -0.2) is 91.4 Å². The smallest absolute Gasteiger partial charge is 0.407 e. The molecule has 14 heteroatoms. The van der Waals surface area contributed by atoms with Crippen molar-refractivity contribution in [2.45, 2.75) is 51.2 Å². The van der Waals surface area contributed by atoms with Gasteiger partial charge in [0.15, 0.2) is 0 Å². The third-order valence-electron chi connectivity index (χ3n) is 11.5. The SMILES string of the molecule is CCCN(Cc1ncc(-c2ccc3cc(-c4ccc(-c5cnc([C@@H]6CCCN6C(=O)[C@@H](Cc6cn(C)c7ccccc67)NC(=O)OC)[nH]5)cc4)ccc3c2)[nH]1)C(=O)CNC=O. The molecule has 0 radical (unpaired) electrons. The number of aryl methyl sites for hydroxylation is 1. The number of carbonyl (C=O) groups is 4. The maximum absolute atomic E-state index is 14.2. The molecule has 4 N–H and O–H groups in total. The minimum absolute atomic E-state index is 0.0429. The Balaban J connectivity index is 0.942. The number of hydrogen-bond acceptors (Lipinski definition) is 7. The summed E-state index contributed by atoms with van der Waals surface area (Å²) in [6.07, 6.45) is 8.19. The first kappa shape index (κ1) is 40.6. The van der Waals surface area contributed by atoms with E-state index in [2.05, 4.69) is 86.2 Å². The molecular formula is C47H49N9O5. The van der Waals surface area contributed by atoms with Gasteiger partial charge in [-0.25, -0.2) is 14.8 Å². The summed E-state index contributed by atoms with van der Waals surface area (Å²) in [5.74, 6) is 1.06. The summed E-state index contributed by atoms with van der Waals surface area (Å²) in [6, 6.07) is 28.0. The molecule has 2 atom stereocenters. The number of amides is 4. The van der Waals surface area contributed by atoms with E-state index in [1.165, 1.54) is 7.11 Å². The number of fused-ring (bicyclic) bond motifs is 2. The lowest BCUT2D eigenvalue weighted by atomic mass is 9.98. The highest BCUT2D eigenvalue weighted by molar-refractivity contribution is 5.91. The molecule has 1 aliphatic heterocycles. The van der Waals surface area contributed by atoms with Crippen LogP contribution in [0.1, 0.15) is 49.4 Å². The van der Waals surface area contributed by atoms with Crippen molar-refractivity contribution in [3.8, 4) is 33.6 Å². The van der Waals surface area contributed by atoms with Crippen molar-refractivity contribution in [2.24, 2.45) is 7.05 Å². The van der Waals surface area contributed by atoms with Crippen LogP contribution in [-0.2, 0) is 39.1 Å². The van der Waals surface area contributed by atoms with Crippen LogP contribution in [0.25, 0.3) is 55.3 Å². The van der Waals surface area contributed by atoms with Gasteiger partial charge < -0.3 is 39.7 Å². The number of carbonyl (C=O) groups excluding carboxylic acids is 4. The molecule has 1 fully saturated rings. The van der Waals surface area contributed by atoms with Crippen LogP contribution in [0.2, 0.25) is 0 Å². The van der Waals surface area contributed by atoms with E-state index in [9.17, 15) is 19.2 Å². The average molecular weight is 820 g/mol. The summed E-state index contributed by atoms with van der Waals surface area (Å²) in [6.45, 7) is 3.42. The van der Waals surface area contributed by atoms with E-state index in [1.54, 1.807) is 11.1 Å². The molecule has 0 aliphatic carbocycles. The van der Waals surface area contributed by atoms with Crippen molar-refractivity contribution in [1.82, 2.24) is 44.9 Å². The van der Waals surface area contributed by atoms with E-state index in [0.29, 0.717) is 44.1 Å². The van der Waals surface area contributed by atoms with Crippen LogP contribution in [0.3, 0.4) is 0 Å². The maximum Gasteiger partial charge on any atom is 0.407 e. The molecule has 0 unspecified atom stereocenters. The lowest BCUT2D eigenvalue weighted by molar-refractivity contribution is -0.134. The van der Waals surface area contributed by atoms with Crippen LogP contribution in [0.15, 0.2) is 104 Å². The molecule has 4 amide bonds. The first-order valence-electron chi connectivity index (χ1n) is 20.6. The standard InChI is InChI=1S/C47H49N9O5/c1-4-19-55(44(58)26-48-29-57)28-43-49-24-40(51-43)35-18-17-33-21-32(15-16-34(33)22-35)30-11-13-31(14-12-30)39-25-50-45(52-39)42-10-7-20-56(42)46(59)38(53-47(60)61-3)23-36-27-54(2)41-9-6-5-8-37(36)41/h5-6,8-9,11-18,21-22,24-25,27,29,38,42H,4,7,10,19-20,23,26,28H2,1-3H3,(H,48,57)(H,49,51)(H,50,52)(H,53,60)/t38-,42+/m1/s1. The fourth-order valence-electron chi connectivity index (χ4n) is 8.39. The molecule has 0 bridgehead atoms. The highest BCUT2D eigenvalue weighted by atomic mass is 16.5. The van der Waals surface area contributed by atoms with Gasteiger partial charge in [-0.1, -0.05) is 73.7 Å². The molecule has 61 heavy (non-hydrogen) atoms. The molecule has 1 aliphatic rings. The van der Waals surface area contributed by atoms with Gasteiger partial charge in [0.25, 0.3) is 0 Å². The van der Waals surface area contributed by atoms with Crippen LogP contribution in [0.5, 0.6) is 0 Å². The Bertz CT molecular complexity index is 2700. The summed E-state index contributed by atoms with van der Waals surface area (Å²) < 4.78 is 6.96. The third kappa shape index (κ3) is 8.74. The molecule has 14 nitrogen and oxygen atoms in total. The van der Waals surface area contributed by atoms with Crippen LogP contribution >= 0.6 is 0 Å². The van der Waals surface area contributed by atoms with Crippen LogP contribution in [0.4, 0.5) is 4.79 Å². The van der Waals surface area contributed by atoms with Gasteiger partial charge in [0.05, 0.1) is 50.0 Å². The first-order valence-corrected chi connectivity index (χ1v) is 20.6. The van der Waals surface area contributed by atoms with Crippen molar-refractivity contribution in [1.29, 1.82) is 0 Å². The van der Waals surface area contributed by atoms with E-state index >= 15 is 0 Å². The summed E-state index contributed by atoms with van der Waals surface area (Å²) in [5, 5.41) is 8.48. The molecule has 8 rings (SSSR count). The Morgan fingerprint density at radius 1 is 0.918 bits per heavy atom. The van der Waals surface area contributed by atoms with Crippen molar-refractivity contribution in [2.75, 3.05) is 26.7 Å². The lowest BCUT2D eigenvalue weighted by Gasteiger charge is -2.28. The van der Waals surface area contributed by atoms with Gasteiger partial charge in [0.2, 0.25) is 18.2 Å². The maximum atomic E-state index is 14.2. The average Bonchev–Trinajstić information content (AvgIpc) is 4.12. The molecular weight excluding hydrogens is 771 g/mol. The molecule has 4 heterocycles. The Kier molecular flexibility index (Phi) is 11.9. The number of aromatic amines is 2. The topological polar surface area (TPSA) is 170 Å². The number of H-pyrrole nitrogens is 2. The highest BCUT2D eigenvalue weighted by Crippen LogP contribution is 2.34. The number of hydrogen-bond donors (Lipinski definition) is 4. The zero-order chi connectivity index (χ0) is 42.5. The van der Waals surface area contributed by atoms with E-state index in [4.69, 9.17) is 9.72 Å². The Morgan fingerprint density at radius 3 is 2.39 bits per heavy atom. The Morgan fingerprint density at radius 2 is 1.62 bits per heavy atom. The van der Waals surface area contributed by atoms with E-state index in [0.717, 1.165) is 80.1 Å². The largest absolute Gasteiger partial charge is 0.453 e. The second-order valence-electron chi connectivity index (χ2n) is 15.5. The van der Waals surface area contributed by atoms with Gasteiger partial charge in [-0.3, -0.25) is 14.4 Å². The number of benzene rings is 4. The van der Waals surface area contributed by atoms with Gasteiger partial charge in [-0.05, 0) is 70.5 Å². The number of methoxy groups -OCH3 is 1. The normalized spacial score (nSPS) is 14.3. The van der Waals surface area contributed by atoms with E-state index in [1.807, 2.05) is 60.1 Å². The number of aromatic nitrogens is 5. The number of nitrogens with one attached hydrogen (secondary N) is 4. The fraction of sp³-hybridized carbons (Fsp3) is 0.277. The Labute approximate surface area is 353 Å². The zero-order valence-electron chi connectivity index (χ0n) is 34.5. The first-order chi connectivity index (χ1) is 29.7. The van der Waals surface area contributed by atoms with Crippen molar-refractivity contribution in [3.05, 3.63) is 121 Å². The minimum atomic E-state index is -0.812. The number of likely N-dealkylation sites (tertiary alicyclic amines) is 1. The summed E-state index contributed by atoms with van der Waals surface area (Å²) in [4.78, 5) is 69.6. The second-order valence-corrected chi connectivity index (χ2v) is 15.5. The summed E-state index contributed by atoms with van der Waals surface area (Å²) in [5.41, 5.74) is 7.87. The van der Waals surface area contributed by atoms with Crippen LogP contribution < -0.4 is 10.6 Å². The molecule has 0 saturated carbocycles. The zero-order valence-corrected chi connectivity index (χ0v) is 34.5. The third-order valence-corrected chi connectivity index (χ3v) is 11.5. The second kappa shape index (κ2) is 18.0. The molecule has 4 aromatic carbocycles. The number of nitrogens with zero attached hydrogens (tertiary/aromatic N) is 5.